The summed E-state index contributed by atoms with van der Waals surface area (Å²) in [6.45, 7) is 9.06. The number of piperidine rings is 3. The van der Waals surface area contributed by atoms with Crippen LogP contribution in [0.5, 0.6) is 0 Å². The molecule has 0 radical (unpaired) electrons. The summed E-state index contributed by atoms with van der Waals surface area (Å²) in [4.78, 5) is 8.66. The fourth-order valence-corrected chi connectivity index (χ4v) is 11.9. The first kappa shape index (κ1) is 20.2. The van der Waals surface area contributed by atoms with E-state index in [1.54, 1.807) is 0 Å². The molecule has 0 spiro atoms. The van der Waals surface area contributed by atoms with Gasteiger partial charge < -0.3 is 4.90 Å². The van der Waals surface area contributed by atoms with Gasteiger partial charge in [0.25, 0.3) is 0 Å². The Hall–Kier alpha value is 0.610. The Morgan fingerprint density at radius 1 is 1.00 bits per heavy atom. The Morgan fingerprint density at radius 3 is 2.45 bits per heavy atom. The minimum atomic E-state index is 0.476. The van der Waals surface area contributed by atoms with Gasteiger partial charge in [-0.1, -0.05) is 29.5 Å². The van der Waals surface area contributed by atoms with Crippen molar-refractivity contribution in [3.05, 3.63) is 0 Å². The van der Waals surface area contributed by atoms with E-state index in [4.69, 9.17) is 0 Å². The molecular formula is C25H42IN3. The zero-order valence-corrected chi connectivity index (χ0v) is 21.4. The summed E-state index contributed by atoms with van der Waals surface area (Å²) in [6, 6.07) is 4.18. The molecule has 29 heavy (non-hydrogen) atoms. The topological polar surface area (TPSA) is 9.72 Å². The molecule has 164 valence electrons. The lowest BCUT2D eigenvalue weighted by Gasteiger charge is -2.57. The summed E-state index contributed by atoms with van der Waals surface area (Å²) >= 11 is 2.73. The molecule has 3 heterocycles. The van der Waals surface area contributed by atoms with Crippen LogP contribution in [0, 0.1) is 23.2 Å². The first-order chi connectivity index (χ1) is 13.8. The van der Waals surface area contributed by atoms with Gasteiger partial charge in [-0.05, 0) is 97.1 Å². The molecule has 6 rings (SSSR count). The van der Waals surface area contributed by atoms with E-state index in [9.17, 15) is 0 Å². The highest BCUT2D eigenvalue weighted by molar-refractivity contribution is 14.1. The van der Waals surface area contributed by atoms with Gasteiger partial charge in [0.2, 0.25) is 0 Å². The SMILES string of the molecule is CC1C2CC(CC2I)N1CCC1C2CC(C)C(C34CCC(C3)N(C)C4C)(C2)N1C. The van der Waals surface area contributed by atoms with Crippen LogP contribution in [-0.2, 0) is 0 Å². The maximum absolute atomic E-state index is 2.99. The van der Waals surface area contributed by atoms with Crippen molar-refractivity contribution < 1.29 is 0 Å². The summed E-state index contributed by atoms with van der Waals surface area (Å²) in [5.41, 5.74) is 1.03. The van der Waals surface area contributed by atoms with Gasteiger partial charge >= 0.3 is 0 Å². The van der Waals surface area contributed by atoms with E-state index in [1.807, 2.05) is 0 Å². The van der Waals surface area contributed by atoms with Gasteiger partial charge in [-0.15, -0.1) is 0 Å². The second-order valence-electron chi connectivity index (χ2n) is 12.2. The molecule has 3 saturated carbocycles. The fraction of sp³-hybridized carbons (Fsp3) is 1.00. The fourth-order valence-electron chi connectivity index (χ4n) is 10.5. The van der Waals surface area contributed by atoms with Crippen LogP contribution < -0.4 is 0 Å². The molecule has 11 unspecified atom stereocenters. The molecule has 6 bridgehead atoms. The second kappa shape index (κ2) is 6.57. The van der Waals surface area contributed by atoms with Crippen LogP contribution in [0.15, 0.2) is 0 Å². The van der Waals surface area contributed by atoms with Crippen LogP contribution >= 0.6 is 22.6 Å². The highest BCUT2D eigenvalue weighted by Gasteiger charge is 2.72. The molecule has 6 fully saturated rings. The van der Waals surface area contributed by atoms with Gasteiger partial charge in [-0.3, -0.25) is 9.80 Å². The largest absolute Gasteiger partial charge is 0.300 e. The standard InChI is InChI=1S/C25H42IN3/c1-15-10-18-13-25(15,24-8-6-19(14-24)27(4)17(24)3)28(5)23(18)7-9-29-16(2)21-11-20(29)12-22(21)26/h15-23H,6-14H2,1-5H3. The molecule has 0 amide bonds. The number of rotatable bonds is 4. The van der Waals surface area contributed by atoms with Crippen LogP contribution in [0.25, 0.3) is 0 Å². The van der Waals surface area contributed by atoms with Crippen molar-refractivity contribution in [1.82, 2.24) is 14.7 Å². The zero-order valence-electron chi connectivity index (χ0n) is 19.3. The third kappa shape index (κ3) is 2.36. The van der Waals surface area contributed by atoms with Gasteiger partial charge in [0.1, 0.15) is 0 Å². The van der Waals surface area contributed by atoms with Crippen molar-refractivity contribution in [1.29, 1.82) is 0 Å². The highest BCUT2D eigenvalue weighted by atomic mass is 127. The summed E-state index contributed by atoms with van der Waals surface area (Å²) < 4.78 is 0.938. The van der Waals surface area contributed by atoms with E-state index in [0.717, 1.165) is 51.9 Å². The first-order valence-electron chi connectivity index (χ1n) is 12.6. The van der Waals surface area contributed by atoms with E-state index in [0.29, 0.717) is 11.0 Å². The van der Waals surface area contributed by atoms with E-state index < -0.39 is 0 Å². The van der Waals surface area contributed by atoms with Crippen molar-refractivity contribution in [3.63, 3.8) is 0 Å². The minimum absolute atomic E-state index is 0.476. The van der Waals surface area contributed by atoms with Crippen LogP contribution in [0.2, 0.25) is 0 Å². The van der Waals surface area contributed by atoms with Gasteiger partial charge in [-0.25, -0.2) is 0 Å². The van der Waals surface area contributed by atoms with Crippen molar-refractivity contribution in [2.75, 3.05) is 20.6 Å². The lowest BCUT2D eigenvalue weighted by atomic mass is 9.60. The normalized spacial score (nSPS) is 59.6. The number of fused-ring (bicyclic) bond motifs is 7. The van der Waals surface area contributed by atoms with Crippen LogP contribution in [0.4, 0.5) is 0 Å². The summed E-state index contributed by atoms with van der Waals surface area (Å²) in [5, 5.41) is 0. The maximum atomic E-state index is 2.99. The summed E-state index contributed by atoms with van der Waals surface area (Å²) in [6.07, 6.45) is 11.8. The molecular weight excluding hydrogens is 469 g/mol. The molecule has 0 N–H and O–H groups in total. The maximum Gasteiger partial charge on any atom is 0.0310 e. The predicted octanol–water partition coefficient (Wildman–Crippen LogP) is 4.63. The van der Waals surface area contributed by atoms with Crippen molar-refractivity contribution in [2.24, 2.45) is 23.2 Å². The quantitative estimate of drug-likeness (QED) is 0.403. The van der Waals surface area contributed by atoms with E-state index in [1.165, 1.54) is 57.9 Å². The van der Waals surface area contributed by atoms with Crippen LogP contribution in [0.1, 0.15) is 72.1 Å². The molecule has 3 aliphatic carbocycles. The molecule has 3 saturated heterocycles. The summed E-state index contributed by atoms with van der Waals surface area (Å²) in [5.74, 6) is 2.80. The van der Waals surface area contributed by atoms with Crippen molar-refractivity contribution >= 4 is 22.6 Å². The highest BCUT2D eigenvalue weighted by Crippen LogP contribution is 2.69. The van der Waals surface area contributed by atoms with Gasteiger partial charge in [0, 0.05) is 51.6 Å². The molecule has 3 nitrogen and oxygen atoms in total. The van der Waals surface area contributed by atoms with Gasteiger partial charge in [0.15, 0.2) is 0 Å². The number of likely N-dealkylation sites (tertiary alicyclic amines) is 3. The number of hydrogen-bond acceptors (Lipinski definition) is 3. The molecule has 6 aliphatic rings. The molecule has 0 aromatic rings. The van der Waals surface area contributed by atoms with Crippen LogP contribution in [-0.4, -0.2) is 75.0 Å². The zero-order chi connectivity index (χ0) is 20.3. The van der Waals surface area contributed by atoms with E-state index >= 15 is 0 Å². The Bertz CT molecular complexity index is 683. The Kier molecular flexibility index (Phi) is 4.58. The third-order valence-electron chi connectivity index (χ3n) is 11.9. The number of halogens is 1. The van der Waals surface area contributed by atoms with Crippen LogP contribution in [0.3, 0.4) is 0 Å². The van der Waals surface area contributed by atoms with Gasteiger partial charge in [0.05, 0.1) is 0 Å². The number of alkyl halides is 1. The lowest BCUT2D eigenvalue weighted by molar-refractivity contribution is -0.0774. The predicted molar refractivity (Wildman–Crippen MR) is 129 cm³/mol. The smallest absolute Gasteiger partial charge is 0.0310 e. The van der Waals surface area contributed by atoms with Gasteiger partial charge in [-0.2, -0.15) is 0 Å². The Morgan fingerprint density at radius 2 is 1.79 bits per heavy atom. The minimum Gasteiger partial charge on any atom is -0.300 e. The number of nitrogens with zero attached hydrogens (tertiary/aromatic N) is 3. The molecule has 0 aromatic heterocycles. The van der Waals surface area contributed by atoms with E-state index in [-0.39, 0.29) is 0 Å². The summed E-state index contributed by atoms with van der Waals surface area (Å²) in [7, 11) is 4.97. The monoisotopic (exact) mass is 511 g/mol. The molecule has 0 aromatic carbocycles. The van der Waals surface area contributed by atoms with Crippen molar-refractivity contribution in [2.45, 2.75) is 112 Å². The number of hydrogen-bond donors (Lipinski definition) is 0. The third-order valence-corrected chi connectivity index (χ3v) is 13.3. The average Bonchev–Trinajstić information content (AvgIpc) is 3.48. The Labute approximate surface area is 192 Å². The average molecular weight is 512 g/mol. The van der Waals surface area contributed by atoms with E-state index in [2.05, 4.69) is 72.2 Å². The molecule has 11 atom stereocenters. The second-order valence-corrected chi connectivity index (χ2v) is 13.8. The lowest BCUT2D eigenvalue weighted by Crippen LogP contribution is -2.64. The Balaban J connectivity index is 1.22. The molecule has 3 aliphatic heterocycles. The first-order valence-corrected chi connectivity index (χ1v) is 13.9. The molecule has 4 heteroatoms. The van der Waals surface area contributed by atoms with Crippen molar-refractivity contribution in [3.8, 4) is 0 Å².